The van der Waals surface area contributed by atoms with Crippen molar-refractivity contribution < 1.29 is 4.79 Å². The quantitative estimate of drug-likeness (QED) is 0.885. The number of carbonyl (C=O) groups is 1. The molecule has 1 aromatic rings. The minimum absolute atomic E-state index is 0.216. The first-order valence-corrected chi connectivity index (χ1v) is 8.05. The lowest BCUT2D eigenvalue weighted by Crippen LogP contribution is -2.49. The molecule has 0 aromatic carbocycles. The topological polar surface area (TPSA) is 48.5 Å². The van der Waals surface area contributed by atoms with Gasteiger partial charge < -0.3 is 10.2 Å². The van der Waals surface area contributed by atoms with Gasteiger partial charge in [-0.3, -0.25) is 9.69 Å². The Morgan fingerprint density at radius 1 is 1.50 bits per heavy atom. The van der Waals surface area contributed by atoms with Crippen LogP contribution in [0.25, 0.3) is 0 Å². The molecule has 1 amide bonds. The van der Waals surface area contributed by atoms with E-state index >= 15 is 0 Å². The number of likely N-dealkylation sites (N-methyl/N-ethyl adjacent to an activating group) is 1. The highest BCUT2D eigenvalue weighted by Crippen LogP contribution is 2.19. The fourth-order valence-corrected chi connectivity index (χ4v) is 3.06. The molecule has 0 bridgehead atoms. The number of nitrogens with zero attached hydrogens (tertiary/aromatic N) is 3. The minimum Gasteiger partial charge on any atom is -0.339 e. The number of carbonyl (C=O) groups excluding carboxylic acids is 1. The first-order chi connectivity index (χ1) is 9.56. The smallest absolute Gasteiger partial charge is 0.236 e. The molecule has 0 saturated carbocycles. The number of thiazole rings is 1. The monoisotopic (exact) mass is 296 g/mol. The number of hydrogen-bond acceptors (Lipinski definition) is 5. The fourth-order valence-electron chi connectivity index (χ4n) is 2.24. The van der Waals surface area contributed by atoms with Crippen molar-refractivity contribution in [1.29, 1.82) is 0 Å². The van der Waals surface area contributed by atoms with Gasteiger partial charge in [-0.25, -0.2) is 4.98 Å². The van der Waals surface area contributed by atoms with E-state index in [-0.39, 0.29) is 5.91 Å². The number of piperazine rings is 1. The lowest BCUT2D eigenvalue weighted by atomic mass is 10.2. The molecular formula is C14H24N4OS. The van der Waals surface area contributed by atoms with Gasteiger partial charge in [-0.1, -0.05) is 13.8 Å². The van der Waals surface area contributed by atoms with Crippen molar-refractivity contribution in [3.05, 3.63) is 16.1 Å². The fraction of sp³-hybridized carbons (Fsp3) is 0.714. The van der Waals surface area contributed by atoms with Crippen molar-refractivity contribution in [1.82, 2.24) is 20.1 Å². The summed E-state index contributed by atoms with van der Waals surface area (Å²) in [6.07, 6.45) is 0. The Kier molecular flexibility index (Phi) is 5.51. The standard InChI is InChI=1S/C14H24N4OS/c1-11(2)14-16-12(10-20-14)8-17(3)9-13(19)18-6-4-15-5-7-18/h10-11,15H,4-9H2,1-3H3. The average Bonchev–Trinajstić information content (AvgIpc) is 2.88. The summed E-state index contributed by atoms with van der Waals surface area (Å²) in [4.78, 5) is 20.7. The van der Waals surface area contributed by atoms with E-state index in [1.54, 1.807) is 11.3 Å². The van der Waals surface area contributed by atoms with E-state index in [1.807, 2.05) is 16.8 Å². The third-order valence-electron chi connectivity index (χ3n) is 3.37. The van der Waals surface area contributed by atoms with Crippen LogP contribution in [0, 0.1) is 0 Å². The maximum absolute atomic E-state index is 12.2. The summed E-state index contributed by atoms with van der Waals surface area (Å²) < 4.78 is 0. The lowest BCUT2D eigenvalue weighted by molar-refractivity contribution is -0.132. The highest BCUT2D eigenvalue weighted by atomic mass is 32.1. The maximum Gasteiger partial charge on any atom is 0.236 e. The molecule has 2 heterocycles. The molecule has 1 aromatic heterocycles. The Labute approximate surface area is 125 Å². The molecule has 1 aliphatic rings. The summed E-state index contributed by atoms with van der Waals surface area (Å²) in [5.41, 5.74) is 1.06. The van der Waals surface area contributed by atoms with Gasteiger partial charge in [-0.2, -0.15) is 0 Å². The first-order valence-electron chi connectivity index (χ1n) is 7.17. The van der Waals surface area contributed by atoms with Gasteiger partial charge in [0.25, 0.3) is 0 Å². The van der Waals surface area contributed by atoms with Crippen molar-refractivity contribution in [3.8, 4) is 0 Å². The molecule has 20 heavy (non-hydrogen) atoms. The van der Waals surface area contributed by atoms with Crippen LogP contribution < -0.4 is 5.32 Å². The Morgan fingerprint density at radius 3 is 2.80 bits per heavy atom. The molecule has 5 nitrogen and oxygen atoms in total. The van der Waals surface area contributed by atoms with E-state index in [9.17, 15) is 4.79 Å². The summed E-state index contributed by atoms with van der Waals surface area (Å²) in [5.74, 6) is 0.690. The highest BCUT2D eigenvalue weighted by Gasteiger charge is 2.18. The summed E-state index contributed by atoms with van der Waals surface area (Å²) in [6, 6.07) is 0. The van der Waals surface area contributed by atoms with E-state index < -0.39 is 0 Å². The zero-order valence-electron chi connectivity index (χ0n) is 12.6. The molecule has 1 aliphatic heterocycles. The van der Waals surface area contributed by atoms with Gasteiger partial charge in [0.2, 0.25) is 5.91 Å². The maximum atomic E-state index is 12.2. The molecule has 0 radical (unpaired) electrons. The van der Waals surface area contributed by atoms with E-state index in [0.717, 1.165) is 38.4 Å². The second-order valence-corrected chi connectivity index (χ2v) is 6.52. The molecule has 1 saturated heterocycles. The molecular weight excluding hydrogens is 272 g/mol. The molecule has 0 atom stereocenters. The second-order valence-electron chi connectivity index (χ2n) is 5.63. The van der Waals surface area contributed by atoms with Crippen LogP contribution in [0.5, 0.6) is 0 Å². The summed E-state index contributed by atoms with van der Waals surface area (Å²) >= 11 is 1.71. The normalized spacial score (nSPS) is 16.1. The van der Waals surface area contributed by atoms with Gasteiger partial charge in [-0.05, 0) is 7.05 Å². The predicted octanol–water partition coefficient (Wildman–Crippen LogP) is 1.13. The van der Waals surface area contributed by atoms with Gasteiger partial charge in [0.1, 0.15) is 0 Å². The summed E-state index contributed by atoms with van der Waals surface area (Å²) in [7, 11) is 1.98. The number of nitrogens with one attached hydrogen (secondary N) is 1. The zero-order chi connectivity index (χ0) is 14.5. The Morgan fingerprint density at radius 2 is 2.20 bits per heavy atom. The largest absolute Gasteiger partial charge is 0.339 e. The van der Waals surface area contributed by atoms with Crippen LogP contribution in [0.1, 0.15) is 30.5 Å². The summed E-state index contributed by atoms with van der Waals surface area (Å²) in [6.45, 7) is 8.95. The molecule has 2 rings (SSSR count). The van der Waals surface area contributed by atoms with Crippen LogP contribution in [0.15, 0.2) is 5.38 Å². The number of aromatic nitrogens is 1. The molecule has 1 fully saturated rings. The Bertz CT molecular complexity index is 440. The zero-order valence-corrected chi connectivity index (χ0v) is 13.4. The van der Waals surface area contributed by atoms with Gasteiger partial charge in [0.05, 0.1) is 17.2 Å². The minimum atomic E-state index is 0.216. The van der Waals surface area contributed by atoms with Gasteiger partial charge in [0, 0.05) is 44.0 Å². The predicted molar refractivity (Wildman–Crippen MR) is 82.0 cm³/mol. The number of amides is 1. The Balaban J connectivity index is 1.81. The van der Waals surface area contributed by atoms with Crippen LogP contribution in [0.4, 0.5) is 0 Å². The van der Waals surface area contributed by atoms with Gasteiger partial charge in [0.15, 0.2) is 0 Å². The number of hydrogen-bond donors (Lipinski definition) is 1. The molecule has 6 heteroatoms. The molecule has 0 unspecified atom stereocenters. The van der Waals surface area contributed by atoms with Crippen molar-refractivity contribution >= 4 is 17.2 Å². The molecule has 0 spiro atoms. The number of rotatable bonds is 5. The summed E-state index contributed by atoms with van der Waals surface area (Å²) in [5, 5.41) is 6.53. The third kappa shape index (κ3) is 4.26. The Hall–Kier alpha value is -0.980. The molecule has 1 N–H and O–H groups in total. The van der Waals surface area contributed by atoms with E-state index in [2.05, 4.69) is 29.5 Å². The first kappa shape index (κ1) is 15.4. The van der Waals surface area contributed by atoms with Crippen LogP contribution in [0.3, 0.4) is 0 Å². The molecule has 112 valence electrons. The SMILES string of the molecule is CC(C)c1nc(CN(C)CC(=O)N2CCNCC2)cs1. The van der Waals surface area contributed by atoms with Crippen LogP contribution in [-0.2, 0) is 11.3 Å². The van der Waals surface area contributed by atoms with Crippen molar-refractivity contribution in [3.63, 3.8) is 0 Å². The van der Waals surface area contributed by atoms with Crippen LogP contribution in [-0.4, -0.2) is 60.5 Å². The van der Waals surface area contributed by atoms with Crippen LogP contribution >= 0.6 is 11.3 Å². The van der Waals surface area contributed by atoms with Gasteiger partial charge >= 0.3 is 0 Å². The average molecular weight is 296 g/mol. The highest BCUT2D eigenvalue weighted by molar-refractivity contribution is 7.09. The van der Waals surface area contributed by atoms with E-state index in [4.69, 9.17) is 0 Å². The lowest BCUT2D eigenvalue weighted by Gasteiger charge is -2.29. The van der Waals surface area contributed by atoms with Crippen molar-refractivity contribution in [2.75, 3.05) is 39.8 Å². The van der Waals surface area contributed by atoms with E-state index in [0.29, 0.717) is 12.5 Å². The molecule has 0 aliphatic carbocycles. The van der Waals surface area contributed by atoms with Crippen molar-refractivity contribution in [2.24, 2.45) is 0 Å². The van der Waals surface area contributed by atoms with Gasteiger partial charge in [-0.15, -0.1) is 11.3 Å². The second kappa shape index (κ2) is 7.15. The third-order valence-corrected chi connectivity index (χ3v) is 4.56. The van der Waals surface area contributed by atoms with E-state index in [1.165, 1.54) is 5.01 Å². The van der Waals surface area contributed by atoms with Crippen LogP contribution in [0.2, 0.25) is 0 Å². The van der Waals surface area contributed by atoms with Crippen molar-refractivity contribution in [2.45, 2.75) is 26.3 Å².